The lowest BCUT2D eigenvalue weighted by Gasteiger charge is -2.26. The molecule has 0 saturated heterocycles. The van der Waals surface area contributed by atoms with Crippen LogP contribution in [0.4, 0.5) is 0 Å². The van der Waals surface area contributed by atoms with Crippen molar-refractivity contribution in [3.63, 3.8) is 0 Å². The van der Waals surface area contributed by atoms with E-state index in [2.05, 4.69) is 0 Å². The van der Waals surface area contributed by atoms with Gasteiger partial charge in [0, 0.05) is 48.2 Å². The predicted octanol–water partition coefficient (Wildman–Crippen LogP) is 9.74. The first-order valence-electron chi connectivity index (χ1n) is 23.7. The normalized spacial score (nSPS) is 19.5. The molecule has 0 amide bonds. The molecule has 0 saturated carbocycles. The van der Waals surface area contributed by atoms with Crippen molar-refractivity contribution < 1.29 is 42.1 Å². The molecule has 3 aliphatic heterocycles. The van der Waals surface area contributed by atoms with E-state index in [1.165, 1.54) is 0 Å². The topological polar surface area (TPSA) is 107 Å². The zero-order valence-electron chi connectivity index (χ0n) is 38.7. The maximum Gasteiger partial charge on any atom is 0.179 e. The molecule has 0 spiro atoms. The lowest BCUT2D eigenvalue weighted by molar-refractivity contribution is 0.272. The highest BCUT2D eigenvalue weighted by Crippen LogP contribution is 2.70. The van der Waals surface area contributed by atoms with E-state index in [9.17, 15) is 0 Å². The van der Waals surface area contributed by atoms with Crippen LogP contribution < -0.4 is 76.2 Å². The first-order valence-corrected chi connectivity index (χ1v) is 28.9. The number of hydrogen-bond acceptors (Lipinski definition) is 9. The molecule has 10 rings (SSSR count). The average Bonchev–Trinajstić information content (AvgIpc) is 3.91. The second-order valence-corrected chi connectivity index (χ2v) is 25.1. The van der Waals surface area contributed by atoms with Crippen molar-refractivity contribution in [2.24, 2.45) is 0 Å². The fourth-order valence-corrected chi connectivity index (χ4v) is 20.3. The van der Waals surface area contributed by atoms with Gasteiger partial charge in [0.05, 0.1) is 71.5 Å². The summed E-state index contributed by atoms with van der Waals surface area (Å²) in [6, 6.07) is 28.6. The van der Waals surface area contributed by atoms with E-state index in [-0.39, 0.29) is 39.6 Å². The highest BCUT2D eigenvalue weighted by molar-refractivity contribution is 7.90. The Balaban J connectivity index is 1.60. The lowest BCUT2D eigenvalue weighted by Crippen LogP contribution is -2.29. The molecule has 0 aromatic heterocycles. The Labute approximate surface area is 387 Å². The zero-order valence-corrected chi connectivity index (χ0v) is 41.3. The van der Waals surface area contributed by atoms with Crippen LogP contribution in [0.1, 0.15) is 80.1 Å². The van der Waals surface area contributed by atoms with Crippen molar-refractivity contribution in [1.82, 2.24) is 0 Å². The van der Waals surface area contributed by atoms with Crippen LogP contribution in [0.15, 0.2) is 91.0 Å². The summed E-state index contributed by atoms with van der Waals surface area (Å²) < 4.78 is 94.8. The molecule has 0 aliphatic carbocycles. The van der Waals surface area contributed by atoms with Crippen LogP contribution in [-0.4, -0.2) is 39.6 Å². The van der Waals surface area contributed by atoms with Crippen molar-refractivity contribution in [2.45, 2.75) is 80.1 Å². The summed E-state index contributed by atoms with van der Waals surface area (Å²) in [5, 5.41) is 8.49. The standard InChI is InChI=1S/C54H57O9P3/c1-7-28-58-43-44(59-29-8-2)50-38-37-39-41-42-40(38)52(65(50,56)35-24-18-14-19-25-35)47(62-32-11-5)48(63-33-12-6)54(42)66(57,36-26-20-15-21-27-36)53(41)46(61-31-10-4)45(60-30-9-3)51(39)64(55,49(37)43)34-22-16-13-17-23-34/h13-27H,7-12,28-33H2,1-6H3. The highest BCUT2D eigenvalue weighted by atomic mass is 31.2. The van der Waals surface area contributed by atoms with Crippen molar-refractivity contribution in [3.8, 4) is 34.5 Å². The molecule has 0 unspecified atom stereocenters. The summed E-state index contributed by atoms with van der Waals surface area (Å²) in [4.78, 5) is 0. The number of hydrogen-bond donors (Lipinski definition) is 0. The van der Waals surface area contributed by atoms with Gasteiger partial charge in [-0.25, -0.2) is 0 Å². The van der Waals surface area contributed by atoms with Crippen LogP contribution in [0.2, 0.25) is 0 Å². The third-order valence-corrected chi connectivity index (χ3v) is 22.2. The van der Waals surface area contributed by atoms with Crippen LogP contribution in [0.5, 0.6) is 34.5 Å². The minimum absolute atomic E-state index is 0.280. The SMILES string of the molecule is CCCOc1c(OCCC)c2c3c4c1P(=O)(c1ccccc1)c1c(OCCC)c(OCCC)c5c(c14)c1c(c(OCCC)c(OCCC)c(c31)P2(=O)c1ccccc1)P5(=O)c1ccccc1. The quantitative estimate of drug-likeness (QED) is 0.0515. The molecule has 342 valence electrons. The summed E-state index contributed by atoms with van der Waals surface area (Å²) in [6.07, 6.45) is 3.88. The Morgan fingerprint density at radius 1 is 0.288 bits per heavy atom. The molecule has 0 radical (unpaired) electrons. The Morgan fingerprint density at radius 2 is 0.455 bits per heavy atom. The maximum absolute atomic E-state index is 17.6. The molecule has 3 heterocycles. The minimum Gasteiger partial charge on any atom is -0.489 e. The van der Waals surface area contributed by atoms with E-state index in [1.807, 2.05) is 133 Å². The second kappa shape index (κ2) is 17.5. The molecular formula is C54H57O9P3. The maximum atomic E-state index is 17.6. The van der Waals surface area contributed by atoms with Gasteiger partial charge in [-0.1, -0.05) is 133 Å². The van der Waals surface area contributed by atoms with Gasteiger partial charge in [-0.3, -0.25) is 0 Å². The van der Waals surface area contributed by atoms with Gasteiger partial charge in [-0.15, -0.1) is 0 Å². The zero-order chi connectivity index (χ0) is 46.0. The van der Waals surface area contributed by atoms with E-state index in [4.69, 9.17) is 28.4 Å². The Kier molecular flexibility index (Phi) is 11.8. The van der Waals surface area contributed by atoms with E-state index >= 15 is 13.7 Å². The molecule has 0 fully saturated rings. The fraction of sp³-hybridized carbons (Fsp3) is 0.333. The van der Waals surface area contributed by atoms with Crippen LogP contribution in [0.3, 0.4) is 0 Å². The van der Waals surface area contributed by atoms with Crippen molar-refractivity contribution in [1.29, 1.82) is 0 Å². The molecule has 66 heavy (non-hydrogen) atoms. The van der Waals surface area contributed by atoms with Crippen molar-refractivity contribution >= 4 is 101 Å². The van der Waals surface area contributed by atoms with Gasteiger partial charge in [-0.05, 0) is 38.5 Å². The molecular weight excluding hydrogens is 886 g/mol. The van der Waals surface area contributed by atoms with Crippen LogP contribution >= 0.6 is 21.4 Å². The van der Waals surface area contributed by atoms with Crippen molar-refractivity contribution in [2.75, 3.05) is 39.6 Å². The smallest absolute Gasteiger partial charge is 0.179 e. The Morgan fingerprint density at radius 3 is 0.606 bits per heavy atom. The van der Waals surface area contributed by atoms with Gasteiger partial charge >= 0.3 is 0 Å². The minimum atomic E-state index is -4.05. The first-order chi connectivity index (χ1) is 32.2. The third-order valence-electron chi connectivity index (χ3n) is 12.8. The van der Waals surface area contributed by atoms with Crippen molar-refractivity contribution in [3.05, 3.63) is 91.0 Å². The molecule has 0 bridgehead atoms. The van der Waals surface area contributed by atoms with Crippen LogP contribution in [0.25, 0.3) is 32.3 Å². The summed E-state index contributed by atoms with van der Waals surface area (Å²) in [5.74, 6) is 1.86. The summed E-state index contributed by atoms with van der Waals surface area (Å²) in [5.41, 5.74) is 0. The summed E-state index contributed by atoms with van der Waals surface area (Å²) in [6.45, 7) is 13.9. The van der Waals surface area contributed by atoms with E-state index in [0.29, 0.717) is 153 Å². The van der Waals surface area contributed by atoms with Gasteiger partial charge in [0.2, 0.25) is 0 Å². The predicted molar refractivity (Wildman–Crippen MR) is 273 cm³/mol. The molecule has 12 heteroatoms. The summed E-state index contributed by atoms with van der Waals surface area (Å²) >= 11 is 0. The fourth-order valence-electron chi connectivity index (χ4n) is 10.4. The van der Waals surface area contributed by atoms with Gasteiger partial charge < -0.3 is 42.1 Å². The van der Waals surface area contributed by atoms with E-state index in [0.717, 1.165) is 0 Å². The second-order valence-electron chi connectivity index (χ2n) is 17.2. The van der Waals surface area contributed by atoms with E-state index < -0.39 is 21.4 Å². The molecule has 7 aromatic rings. The Bertz CT molecular complexity index is 2690. The number of rotatable bonds is 21. The highest BCUT2D eigenvalue weighted by Gasteiger charge is 2.59. The third kappa shape index (κ3) is 6.01. The Hall–Kier alpha value is -5.19. The van der Waals surface area contributed by atoms with Gasteiger partial charge in [0.25, 0.3) is 0 Å². The first kappa shape index (κ1) is 44.6. The van der Waals surface area contributed by atoms with Crippen LogP contribution in [-0.2, 0) is 13.7 Å². The molecule has 7 aromatic carbocycles. The average molecular weight is 943 g/mol. The molecule has 9 nitrogen and oxygen atoms in total. The number of benzene rings is 7. The molecule has 0 N–H and O–H groups in total. The molecule has 0 atom stereocenters. The largest absolute Gasteiger partial charge is 0.489 e. The van der Waals surface area contributed by atoms with E-state index in [1.54, 1.807) is 0 Å². The summed E-state index contributed by atoms with van der Waals surface area (Å²) in [7, 11) is -12.2. The van der Waals surface area contributed by atoms with Gasteiger partial charge in [-0.2, -0.15) is 0 Å². The molecule has 3 aliphatic rings. The van der Waals surface area contributed by atoms with Gasteiger partial charge in [0.15, 0.2) is 55.9 Å². The lowest BCUT2D eigenvalue weighted by atomic mass is 9.93. The number of ether oxygens (including phenoxy) is 6. The monoisotopic (exact) mass is 942 g/mol. The van der Waals surface area contributed by atoms with Gasteiger partial charge in [0.1, 0.15) is 0 Å². The van der Waals surface area contributed by atoms with Crippen LogP contribution in [0, 0.1) is 0 Å².